The standard InChI is InChI=1S/C18H29N3O2/c1-6-21(7-2)18(23)13-20(5)12-17(22)19-16-10-8-15(9-11-16)14(3)4/h8-11,14H,6-7,12-13H2,1-5H3,(H,19,22). The lowest BCUT2D eigenvalue weighted by Crippen LogP contribution is -2.41. The van der Waals surface area contributed by atoms with Gasteiger partial charge in [-0.1, -0.05) is 26.0 Å². The lowest BCUT2D eigenvalue weighted by atomic mass is 10.0. The van der Waals surface area contributed by atoms with Crippen LogP contribution in [-0.4, -0.2) is 54.8 Å². The number of rotatable bonds is 8. The molecule has 0 unspecified atom stereocenters. The zero-order valence-electron chi connectivity index (χ0n) is 14.9. The highest BCUT2D eigenvalue weighted by Crippen LogP contribution is 2.17. The fourth-order valence-corrected chi connectivity index (χ4v) is 2.36. The Morgan fingerprint density at radius 3 is 2.09 bits per heavy atom. The number of carbonyl (C=O) groups excluding carboxylic acids is 2. The van der Waals surface area contributed by atoms with Crippen molar-refractivity contribution in [3.8, 4) is 0 Å². The Morgan fingerprint density at radius 2 is 1.61 bits per heavy atom. The van der Waals surface area contributed by atoms with Gasteiger partial charge in [0, 0.05) is 18.8 Å². The quantitative estimate of drug-likeness (QED) is 0.801. The Morgan fingerprint density at radius 1 is 1.04 bits per heavy atom. The van der Waals surface area contributed by atoms with Gasteiger partial charge >= 0.3 is 0 Å². The predicted octanol–water partition coefficient (Wildman–Crippen LogP) is 2.55. The number of anilines is 1. The second kappa shape index (κ2) is 9.30. The summed E-state index contributed by atoms with van der Waals surface area (Å²) in [5.74, 6) is 0.403. The molecule has 0 radical (unpaired) electrons. The molecule has 0 saturated carbocycles. The first-order chi connectivity index (χ1) is 10.9. The van der Waals surface area contributed by atoms with Crippen LogP contribution < -0.4 is 5.32 Å². The number of hydrogen-bond donors (Lipinski definition) is 1. The van der Waals surface area contributed by atoms with Crippen molar-refractivity contribution in [3.05, 3.63) is 29.8 Å². The third-order valence-corrected chi connectivity index (χ3v) is 3.80. The highest BCUT2D eigenvalue weighted by molar-refractivity contribution is 5.92. The van der Waals surface area contributed by atoms with Gasteiger partial charge in [-0.05, 0) is 44.5 Å². The summed E-state index contributed by atoms with van der Waals surface area (Å²) in [4.78, 5) is 27.6. The molecule has 0 aliphatic rings. The molecule has 1 aromatic carbocycles. The molecule has 0 atom stereocenters. The first-order valence-electron chi connectivity index (χ1n) is 8.23. The second-order valence-electron chi connectivity index (χ2n) is 6.06. The first kappa shape index (κ1) is 19.2. The van der Waals surface area contributed by atoms with E-state index in [-0.39, 0.29) is 24.9 Å². The van der Waals surface area contributed by atoms with Crippen molar-refractivity contribution in [2.75, 3.05) is 38.5 Å². The maximum absolute atomic E-state index is 12.1. The monoisotopic (exact) mass is 319 g/mol. The van der Waals surface area contributed by atoms with Gasteiger partial charge in [-0.15, -0.1) is 0 Å². The molecule has 1 N–H and O–H groups in total. The number of benzene rings is 1. The summed E-state index contributed by atoms with van der Waals surface area (Å²) in [6, 6.07) is 7.87. The lowest BCUT2D eigenvalue weighted by molar-refractivity contribution is -0.132. The summed E-state index contributed by atoms with van der Waals surface area (Å²) in [7, 11) is 1.78. The maximum atomic E-state index is 12.1. The van der Waals surface area contributed by atoms with Crippen LogP contribution in [0, 0.1) is 0 Å². The zero-order valence-corrected chi connectivity index (χ0v) is 14.9. The van der Waals surface area contributed by atoms with Gasteiger partial charge in [-0.3, -0.25) is 14.5 Å². The van der Waals surface area contributed by atoms with Crippen LogP contribution >= 0.6 is 0 Å². The molecular weight excluding hydrogens is 290 g/mol. The highest BCUT2D eigenvalue weighted by Gasteiger charge is 2.14. The van der Waals surface area contributed by atoms with Crippen LogP contribution in [0.15, 0.2) is 24.3 Å². The van der Waals surface area contributed by atoms with Gasteiger partial charge in [0.25, 0.3) is 0 Å². The topological polar surface area (TPSA) is 52.7 Å². The van der Waals surface area contributed by atoms with Crippen LogP contribution in [0.4, 0.5) is 5.69 Å². The molecule has 2 amide bonds. The largest absolute Gasteiger partial charge is 0.342 e. The van der Waals surface area contributed by atoms with Crippen molar-refractivity contribution in [1.82, 2.24) is 9.80 Å². The van der Waals surface area contributed by atoms with E-state index >= 15 is 0 Å². The van der Waals surface area contributed by atoms with Crippen molar-refractivity contribution in [2.45, 2.75) is 33.6 Å². The minimum atomic E-state index is -0.114. The number of nitrogens with zero attached hydrogens (tertiary/aromatic N) is 2. The van der Waals surface area contributed by atoms with Crippen LogP contribution in [0.3, 0.4) is 0 Å². The minimum Gasteiger partial charge on any atom is -0.342 e. The molecule has 128 valence electrons. The molecule has 5 heteroatoms. The molecule has 0 aliphatic heterocycles. The third kappa shape index (κ3) is 6.40. The molecule has 0 saturated heterocycles. The van der Waals surface area contributed by atoms with Crippen LogP contribution in [0.1, 0.15) is 39.2 Å². The molecule has 0 heterocycles. The van der Waals surface area contributed by atoms with Crippen molar-refractivity contribution in [3.63, 3.8) is 0 Å². The van der Waals surface area contributed by atoms with Gasteiger partial charge in [-0.25, -0.2) is 0 Å². The van der Waals surface area contributed by atoms with E-state index in [9.17, 15) is 9.59 Å². The molecule has 0 spiro atoms. The fourth-order valence-electron chi connectivity index (χ4n) is 2.36. The van der Waals surface area contributed by atoms with E-state index in [1.165, 1.54) is 5.56 Å². The highest BCUT2D eigenvalue weighted by atomic mass is 16.2. The number of hydrogen-bond acceptors (Lipinski definition) is 3. The number of likely N-dealkylation sites (N-methyl/N-ethyl adjacent to an activating group) is 2. The molecule has 1 aromatic rings. The van der Waals surface area contributed by atoms with E-state index in [2.05, 4.69) is 19.2 Å². The average molecular weight is 319 g/mol. The molecule has 0 fully saturated rings. The molecule has 0 bridgehead atoms. The Kier molecular flexibility index (Phi) is 7.75. The number of amides is 2. The Bertz CT molecular complexity index is 508. The predicted molar refractivity (Wildman–Crippen MR) is 94.6 cm³/mol. The van der Waals surface area contributed by atoms with Gasteiger partial charge in [0.2, 0.25) is 11.8 Å². The molecule has 1 rings (SSSR count). The Labute approximate surface area is 139 Å². The maximum Gasteiger partial charge on any atom is 0.238 e. The molecule has 0 aliphatic carbocycles. The van der Waals surface area contributed by atoms with Crippen LogP contribution in [0.25, 0.3) is 0 Å². The Balaban J connectivity index is 2.48. The zero-order chi connectivity index (χ0) is 17.4. The van der Waals surface area contributed by atoms with Crippen molar-refractivity contribution >= 4 is 17.5 Å². The SMILES string of the molecule is CCN(CC)C(=O)CN(C)CC(=O)Nc1ccc(C(C)C)cc1. The van der Waals surface area contributed by atoms with E-state index in [4.69, 9.17) is 0 Å². The van der Waals surface area contributed by atoms with Gasteiger partial charge in [0.05, 0.1) is 13.1 Å². The molecule has 23 heavy (non-hydrogen) atoms. The summed E-state index contributed by atoms with van der Waals surface area (Å²) in [6.45, 7) is 10.0. The normalized spacial score (nSPS) is 10.9. The molecule has 5 nitrogen and oxygen atoms in total. The summed E-state index contributed by atoms with van der Waals surface area (Å²) >= 11 is 0. The summed E-state index contributed by atoms with van der Waals surface area (Å²) < 4.78 is 0. The summed E-state index contributed by atoms with van der Waals surface area (Å²) in [5, 5.41) is 2.86. The van der Waals surface area contributed by atoms with Crippen molar-refractivity contribution in [1.29, 1.82) is 0 Å². The van der Waals surface area contributed by atoms with Crippen molar-refractivity contribution in [2.24, 2.45) is 0 Å². The van der Waals surface area contributed by atoms with Crippen LogP contribution in [0.5, 0.6) is 0 Å². The van der Waals surface area contributed by atoms with Gasteiger partial charge < -0.3 is 10.2 Å². The molecular formula is C18H29N3O2. The van der Waals surface area contributed by atoms with Gasteiger partial charge in [-0.2, -0.15) is 0 Å². The van der Waals surface area contributed by atoms with E-state index in [1.54, 1.807) is 16.8 Å². The smallest absolute Gasteiger partial charge is 0.238 e. The Hall–Kier alpha value is -1.88. The van der Waals surface area contributed by atoms with Crippen LogP contribution in [0.2, 0.25) is 0 Å². The van der Waals surface area contributed by atoms with E-state index in [1.807, 2.05) is 38.1 Å². The van der Waals surface area contributed by atoms with E-state index in [0.29, 0.717) is 19.0 Å². The summed E-state index contributed by atoms with van der Waals surface area (Å²) in [5.41, 5.74) is 2.02. The average Bonchev–Trinajstić information content (AvgIpc) is 2.48. The third-order valence-electron chi connectivity index (χ3n) is 3.80. The fraction of sp³-hybridized carbons (Fsp3) is 0.556. The number of nitrogens with one attached hydrogen (secondary N) is 1. The van der Waals surface area contributed by atoms with E-state index < -0.39 is 0 Å². The minimum absolute atomic E-state index is 0.0478. The van der Waals surface area contributed by atoms with Crippen LogP contribution in [-0.2, 0) is 9.59 Å². The second-order valence-corrected chi connectivity index (χ2v) is 6.06. The van der Waals surface area contributed by atoms with Gasteiger partial charge in [0.15, 0.2) is 0 Å². The van der Waals surface area contributed by atoms with E-state index in [0.717, 1.165) is 5.69 Å². The summed E-state index contributed by atoms with van der Waals surface area (Å²) in [6.07, 6.45) is 0. The lowest BCUT2D eigenvalue weighted by Gasteiger charge is -2.22. The molecule has 0 aromatic heterocycles. The first-order valence-corrected chi connectivity index (χ1v) is 8.23. The van der Waals surface area contributed by atoms with Crippen molar-refractivity contribution < 1.29 is 9.59 Å². The number of carbonyl (C=O) groups is 2. The van der Waals surface area contributed by atoms with Gasteiger partial charge in [0.1, 0.15) is 0 Å².